The number of hydrogen-bond donors (Lipinski definition) is 2. The minimum Gasteiger partial charge on any atom is -0.510 e. The number of rotatable bonds is 7. The highest BCUT2D eigenvalue weighted by Gasteiger charge is 2.23. The molecule has 0 spiro atoms. The molecule has 0 unspecified atom stereocenters. The molecule has 1 aromatic carbocycles. The van der Waals surface area contributed by atoms with Crippen molar-refractivity contribution in [3.05, 3.63) is 35.8 Å². The second kappa shape index (κ2) is 8.62. The standard InChI is InChI=1S/C18H20N6O4S/c1-27-17(26)15(16-19-12-6-2-3-7-13(12)20-16)14(25)10-29-18-21-22-23-24(18)9-11-5-4-8-28-11/h2-3,6-7,11,25H,4-5,8-10H2,1H3,(H,19,20)/t11-/m0/s1. The zero-order valence-corrected chi connectivity index (χ0v) is 16.6. The van der Waals surface area contributed by atoms with Gasteiger partial charge in [0, 0.05) is 6.61 Å². The van der Waals surface area contributed by atoms with Crippen LogP contribution in [-0.2, 0) is 20.8 Å². The molecule has 152 valence electrons. The molecular weight excluding hydrogens is 396 g/mol. The molecule has 0 aliphatic carbocycles. The van der Waals surface area contributed by atoms with Crippen molar-refractivity contribution in [1.29, 1.82) is 0 Å². The Kier molecular flexibility index (Phi) is 5.76. The Morgan fingerprint density at radius 1 is 1.45 bits per heavy atom. The van der Waals surface area contributed by atoms with Gasteiger partial charge in [-0.05, 0) is 35.4 Å². The smallest absolute Gasteiger partial charge is 0.345 e. The van der Waals surface area contributed by atoms with Gasteiger partial charge < -0.3 is 19.6 Å². The molecule has 4 rings (SSSR count). The zero-order valence-electron chi connectivity index (χ0n) is 15.7. The Bertz CT molecular complexity index is 1010. The van der Waals surface area contributed by atoms with Crippen LogP contribution in [0.4, 0.5) is 0 Å². The molecule has 2 N–H and O–H groups in total. The van der Waals surface area contributed by atoms with Crippen LogP contribution in [0.1, 0.15) is 18.7 Å². The number of hydrogen-bond acceptors (Lipinski definition) is 9. The van der Waals surface area contributed by atoms with Crippen LogP contribution in [0.25, 0.3) is 16.6 Å². The number of aromatic nitrogens is 6. The second-order valence-electron chi connectivity index (χ2n) is 6.48. The summed E-state index contributed by atoms with van der Waals surface area (Å²) < 4.78 is 12.1. The van der Waals surface area contributed by atoms with E-state index in [1.165, 1.54) is 18.9 Å². The number of fused-ring (bicyclic) bond motifs is 1. The molecule has 29 heavy (non-hydrogen) atoms. The van der Waals surface area contributed by atoms with E-state index in [0.717, 1.165) is 25.0 Å². The first-order valence-corrected chi connectivity index (χ1v) is 10.1. The molecule has 3 aromatic rings. The van der Waals surface area contributed by atoms with Gasteiger partial charge in [0.05, 0.1) is 36.5 Å². The number of carbonyl (C=O) groups is 1. The average Bonchev–Trinajstić information content (AvgIpc) is 3.47. The van der Waals surface area contributed by atoms with Crippen molar-refractivity contribution in [2.24, 2.45) is 0 Å². The molecule has 3 heterocycles. The molecule has 0 saturated carbocycles. The average molecular weight is 416 g/mol. The number of ether oxygens (including phenoxy) is 2. The van der Waals surface area contributed by atoms with Crippen LogP contribution >= 0.6 is 11.8 Å². The minimum atomic E-state index is -0.680. The number of imidazole rings is 1. The number of aliphatic hydroxyl groups excluding tert-OH is 1. The van der Waals surface area contributed by atoms with Gasteiger partial charge in [-0.3, -0.25) is 0 Å². The second-order valence-corrected chi connectivity index (χ2v) is 7.43. The number of tetrazole rings is 1. The third kappa shape index (κ3) is 4.25. The van der Waals surface area contributed by atoms with E-state index in [4.69, 9.17) is 9.47 Å². The van der Waals surface area contributed by atoms with E-state index < -0.39 is 5.97 Å². The van der Waals surface area contributed by atoms with Crippen LogP contribution < -0.4 is 0 Å². The fourth-order valence-electron chi connectivity index (χ4n) is 3.13. The van der Waals surface area contributed by atoms with Crippen molar-refractivity contribution in [2.45, 2.75) is 30.6 Å². The molecule has 1 aliphatic rings. The van der Waals surface area contributed by atoms with Crippen LogP contribution in [0.5, 0.6) is 0 Å². The molecule has 2 aromatic heterocycles. The van der Waals surface area contributed by atoms with E-state index in [1.54, 1.807) is 4.68 Å². The number of methoxy groups -OCH3 is 1. The largest absolute Gasteiger partial charge is 0.510 e. The van der Waals surface area contributed by atoms with Gasteiger partial charge in [-0.15, -0.1) is 5.10 Å². The topological polar surface area (TPSA) is 128 Å². The Morgan fingerprint density at radius 2 is 2.31 bits per heavy atom. The monoisotopic (exact) mass is 416 g/mol. The molecule has 1 aliphatic heterocycles. The zero-order chi connectivity index (χ0) is 20.2. The third-order valence-corrected chi connectivity index (χ3v) is 5.51. The summed E-state index contributed by atoms with van der Waals surface area (Å²) in [6.07, 6.45) is 2.08. The Labute approximate surface area is 170 Å². The summed E-state index contributed by atoms with van der Waals surface area (Å²) in [6, 6.07) is 7.36. The number of benzene rings is 1. The lowest BCUT2D eigenvalue weighted by atomic mass is 10.2. The molecule has 1 fully saturated rings. The highest BCUT2D eigenvalue weighted by atomic mass is 32.2. The first-order valence-electron chi connectivity index (χ1n) is 9.12. The van der Waals surface area contributed by atoms with Crippen LogP contribution in [0.2, 0.25) is 0 Å². The molecule has 11 heteroatoms. The lowest BCUT2D eigenvalue weighted by Crippen LogP contribution is -2.17. The van der Waals surface area contributed by atoms with Gasteiger partial charge in [0.2, 0.25) is 5.16 Å². The highest BCUT2D eigenvalue weighted by Crippen LogP contribution is 2.25. The van der Waals surface area contributed by atoms with E-state index in [-0.39, 0.29) is 29.0 Å². The number of H-pyrrole nitrogens is 1. The SMILES string of the molecule is COC(=O)C(=C(O)CSc1nnnn1C[C@@H]1CCCO1)c1nc2ccccc2[nH]1. The van der Waals surface area contributed by atoms with E-state index >= 15 is 0 Å². The Morgan fingerprint density at radius 3 is 3.07 bits per heavy atom. The van der Waals surface area contributed by atoms with Gasteiger partial charge in [-0.1, -0.05) is 23.9 Å². The lowest BCUT2D eigenvalue weighted by Gasteiger charge is -2.10. The normalized spacial score (nSPS) is 17.5. The van der Waals surface area contributed by atoms with Gasteiger partial charge in [-0.25, -0.2) is 14.5 Å². The molecular formula is C18H20N6O4S. The van der Waals surface area contributed by atoms with Gasteiger partial charge >= 0.3 is 5.97 Å². The van der Waals surface area contributed by atoms with E-state index in [1.807, 2.05) is 24.3 Å². The number of nitrogens with one attached hydrogen (secondary N) is 1. The molecule has 0 amide bonds. The quantitative estimate of drug-likeness (QED) is 0.257. The van der Waals surface area contributed by atoms with Crippen molar-refractivity contribution in [2.75, 3.05) is 19.5 Å². The van der Waals surface area contributed by atoms with E-state index in [2.05, 4.69) is 25.5 Å². The van der Waals surface area contributed by atoms with Gasteiger partial charge in [0.25, 0.3) is 0 Å². The lowest BCUT2D eigenvalue weighted by molar-refractivity contribution is -0.133. The van der Waals surface area contributed by atoms with Crippen molar-refractivity contribution in [3.63, 3.8) is 0 Å². The van der Waals surface area contributed by atoms with Crippen molar-refractivity contribution >= 4 is 34.3 Å². The summed E-state index contributed by atoms with van der Waals surface area (Å²) in [4.78, 5) is 19.7. The first kappa shape index (κ1) is 19.4. The van der Waals surface area contributed by atoms with E-state index in [0.29, 0.717) is 17.2 Å². The van der Waals surface area contributed by atoms with Crippen molar-refractivity contribution < 1.29 is 19.4 Å². The summed E-state index contributed by atoms with van der Waals surface area (Å²) in [7, 11) is 1.26. The molecule has 0 bridgehead atoms. The van der Waals surface area contributed by atoms with Crippen molar-refractivity contribution in [3.8, 4) is 0 Å². The minimum absolute atomic E-state index is 0.0191. The number of aromatic amines is 1. The number of nitrogens with zero attached hydrogens (tertiary/aromatic N) is 5. The number of thioether (sulfide) groups is 1. The predicted octanol–water partition coefficient (Wildman–Crippen LogP) is 1.96. The molecule has 0 radical (unpaired) electrons. The van der Waals surface area contributed by atoms with Crippen LogP contribution in [0.3, 0.4) is 0 Å². The summed E-state index contributed by atoms with van der Waals surface area (Å²) in [5.41, 5.74) is 1.42. The highest BCUT2D eigenvalue weighted by molar-refractivity contribution is 7.99. The van der Waals surface area contributed by atoms with Crippen molar-refractivity contribution in [1.82, 2.24) is 30.2 Å². The van der Waals surface area contributed by atoms with Gasteiger partial charge in [-0.2, -0.15) is 0 Å². The maximum Gasteiger partial charge on any atom is 0.345 e. The number of para-hydroxylation sites is 2. The molecule has 1 saturated heterocycles. The Balaban J connectivity index is 1.55. The molecule has 10 nitrogen and oxygen atoms in total. The number of aliphatic hydroxyl groups is 1. The third-order valence-electron chi connectivity index (χ3n) is 4.54. The number of carbonyl (C=O) groups excluding carboxylic acids is 1. The summed E-state index contributed by atoms with van der Waals surface area (Å²) in [6.45, 7) is 1.30. The predicted molar refractivity (Wildman–Crippen MR) is 105 cm³/mol. The maximum atomic E-state index is 12.3. The van der Waals surface area contributed by atoms with Crippen LogP contribution in [-0.4, -0.2) is 66.8 Å². The first-order chi connectivity index (χ1) is 14.2. The van der Waals surface area contributed by atoms with Gasteiger partial charge in [0.15, 0.2) is 0 Å². The van der Waals surface area contributed by atoms with Crippen LogP contribution in [0.15, 0.2) is 35.2 Å². The fourth-order valence-corrected chi connectivity index (χ4v) is 3.89. The fraction of sp³-hybridized carbons (Fsp3) is 0.389. The van der Waals surface area contributed by atoms with E-state index in [9.17, 15) is 9.90 Å². The Hall–Kier alpha value is -2.92. The molecule has 1 atom stereocenters. The van der Waals surface area contributed by atoms with Gasteiger partial charge in [0.1, 0.15) is 17.2 Å². The summed E-state index contributed by atoms with van der Waals surface area (Å²) in [5, 5.41) is 22.9. The summed E-state index contributed by atoms with van der Waals surface area (Å²) >= 11 is 1.22. The summed E-state index contributed by atoms with van der Waals surface area (Å²) in [5.74, 6) is -0.531. The van der Waals surface area contributed by atoms with Crippen LogP contribution in [0, 0.1) is 0 Å². The number of esters is 1. The maximum absolute atomic E-state index is 12.3.